The van der Waals surface area contributed by atoms with E-state index in [9.17, 15) is 9.59 Å². The lowest BCUT2D eigenvalue weighted by Crippen LogP contribution is -2.33. The van der Waals surface area contributed by atoms with E-state index in [1.165, 1.54) is 0 Å². The molecule has 0 aliphatic heterocycles. The van der Waals surface area contributed by atoms with Crippen molar-refractivity contribution in [1.82, 2.24) is 14.9 Å². The van der Waals surface area contributed by atoms with Crippen molar-refractivity contribution in [2.24, 2.45) is 0 Å². The van der Waals surface area contributed by atoms with Gasteiger partial charge in [-0.2, -0.15) is 0 Å². The van der Waals surface area contributed by atoms with Crippen LogP contribution in [0.2, 0.25) is 0 Å². The summed E-state index contributed by atoms with van der Waals surface area (Å²) in [5, 5.41) is 2.77. The van der Waals surface area contributed by atoms with Gasteiger partial charge in [-0.15, -0.1) is 0 Å². The van der Waals surface area contributed by atoms with Crippen molar-refractivity contribution < 1.29 is 14.3 Å². The smallest absolute Gasteiger partial charge is 0.360 e. The summed E-state index contributed by atoms with van der Waals surface area (Å²) in [4.78, 5) is 27.7. The highest BCUT2D eigenvalue weighted by atomic mass is 16.5. The van der Waals surface area contributed by atoms with Crippen LogP contribution in [0, 0.1) is 0 Å². The molecule has 0 bridgehead atoms. The van der Waals surface area contributed by atoms with Crippen LogP contribution in [-0.4, -0.2) is 34.1 Å². The Morgan fingerprint density at radius 1 is 1.40 bits per heavy atom. The van der Waals surface area contributed by atoms with E-state index in [2.05, 4.69) is 10.3 Å². The van der Waals surface area contributed by atoms with Gasteiger partial charge in [0.1, 0.15) is 18.2 Å². The first-order valence-electron chi connectivity index (χ1n) is 6.72. The topological polar surface area (TPSA) is 99.2 Å². The average molecular weight is 282 g/mol. The van der Waals surface area contributed by atoms with Gasteiger partial charge in [0.25, 0.3) is 0 Å². The van der Waals surface area contributed by atoms with Gasteiger partial charge < -0.3 is 20.4 Å². The first-order chi connectivity index (χ1) is 9.40. The molecular weight excluding hydrogens is 260 g/mol. The minimum absolute atomic E-state index is 0.0413. The molecule has 0 unspecified atom stereocenters. The molecule has 1 heterocycles. The molecule has 1 amide bonds. The van der Waals surface area contributed by atoms with Gasteiger partial charge in [-0.25, -0.2) is 9.78 Å². The molecule has 0 fully saturated rings. The van der Waals surface area contributed by atoms with Crippen LogP contribution >= 0.6 is 0 Å². The monoisotopic (exact) mass is 282 g/mol. The summed E-state index contributed by atoms with van der Waals surface area (Å²) < 4.78 is 6.44. The van der Waals surface area contributed by atoms with Crippen LogP contribution in [0.15, 0.2) is 0 Å². The van der Waals surface area contributed by atoms with E-state index >= 15 is 0 Å². The highest BCUT2D eigenvalue weighted by Gasteiger charge is 2.22. The Labute approximate surface area is 118 Å². The Kier molecular flexibility index (Phi) is 5.54. The summed E-state index contributed by atoms with van der Waals surface area (Å²) in [5.41, 5.74) is 5.98. The molecule has 0 aliphatic rings. The molecular formula is C13H22N4O3. The fraction of sp³-hybridized carbons (Fsp3) is 0.615. The Hall–Kier alpha value is -2.05. The Morgan fingerprint density at radius 3 is 2.55 bits per heavy atom. The third-order valence-electron chi connectivity index (χ3n) is 2.62. The number of esters is 1. The second-order valence-electron chi connectivity index (χ2n) is 4.64. The number of nitrogens with zero attached hydrogens (tertiary/aromatic N) is 2. The summed E-state index contributed by atoms with van der Waals surface area (Å²) in [6.07, 6.45) is 0.568. The average Bonchev–Trinajstić information content (AvgIpc) is 2.66. The standard InChI is InChI=1S/C13H22N4O3/c1-5-9-16-11(13(19)20-6-2)12(14)17(9)7-10(18)15-8(3)4/h8H,5-7,14H2,1-4H3,(H,15,18). The molecule has 0 aliphatic carbocycles. The molecule has 0 atom stereocenters. The third-order valence-corrected chi connectivity index (χ3v) is 2.62. The van der Waals surface area contributed by atoms with E-state index in [0.717, 1.165) is 0 Å². The first-order valence-corrected chi connectivity index (χ1v) is 6.72. The van der Waals surface area contributed by atoms with E-state index in [0.29, 0.717) is 12.2 Å². The normalized spacial score (nSPS) is 10.7. The molecule has 0 aromatic carbocycles. The fourth-order valence-corrected chi connectivity index (χ4v) is 1.82. The lowest BCUT2D eigenvalue weighted by atomic mass is 10.3. The number of nitrogens with two attached hydrogens (primary N) is 1. The number of hydrogen-bond acceptors (Lipinski definition) is 5. The quantitative estimate of drug-likeness (QED) is 0.749. The molecule has 3 N–H and O–H groups in total. The Morgan fingerprint density at radius 2 is 2.05 bits per heavy atom. The van der Waals surface area contributed by atoms with Crippen LogP contribution in [0.25, 0.3) is 0 Å². The van der Waals surface area contributed by atoms with E-state index in [4.69, 9.17) is 10.5 Å². The number of aryl methyl sites for hydroxylation is 1. The second-order valence-corrected chi connectivity index (χ2v) is 4.64. The lowest BCUT2D eigenvalue weighted by molar-refractivity contribution is -0.122. The number of rotatable bonds is 6. The molecule has 0 saturated heterocycles. The van der Waals surface area contributed by atoms with E-state index in [-0.39, 0.29) is 36.6 Å². The number of aromatic nitrogens is 2. The minimum Gasteiger partial charge on any atom is -0.461 e. The highest BCUT2D eigenvalue weighted by molar-refractivity contribution is 5.92. The second kappa shape index (κ2) is 6.93. The van der Waals surface area contributed by atoms with Crippen LogP contribution < -0.4 is 11.1 Å². The molecule has 0 saturated carbocycles. The van der Waals surface area contributed by atoms with Crippen molar-refractivity contribution in [2.45, 2.75) is 46.7 Å². The zero-order valence-electron chi connectivity index (χ0n) is 12.4. The number of imidazole rings is 1. The van der Waals surface area contributed by atoms with Gasteiger partial charge >= 0.3 is 5.97 Å². The van der Waals surface area contributed by atoms with E-state index in [1.807, 2.05) is 20.8 Å². The maximum atomic E-state index is 11.8. The van der Waals surface area contributed by atoms with Crippen LogP contribution in [0.3, 0.4) is 0 Å². The van der Waals surface area contributed by atoms with Crippen LogP contribution in [-0.2, 0) is 22.5 Å². The van der Waals surface area contributed by atoms with E-state index < -0.39 is 5.97 Å². The molecule has 112 valence electrons. The van der Waals surface area contributed by atoms with Gasteiger partial charge in [0, 0.05) is 12.5 Å². The molecule has 7 heteroatoms. The maximum absolute atomic E-state index is 11.8. The van der Waals surface area contributed by atoms with Gasteiger partial charge in [0.05, 0.1) is 6.61 Å². The van der Waals surface area contributed by atoms with Crippen molar-refractivity contribution in [1.29, 1.82) is 0 Å². The van der Waals surface area contributed by atoms with Gasteiger partial charge in [0.2, 0.25) is 5.91 Å². The summed E-state index contributed by atoms with van der Waals surface area (Å²) in [5.74, 6) is 0.0144. The highest BCUT2D eigenvalue weighted by Crippen LogP contribution is 2.16. The van der Waals surface area contributed by atoms with Crippen molar-refractivity contribution in [2.75, 3.05) is 12.3 Å². The number of anilines is 1. The Balaban J connectivity index is 3.00. The molecule has 1 rings (SSSR count). The first kappa shape index (κ1) is 16.0. The lowest BCUT2D eigenvalue weighted by Gasteiger charge is -2.11. The zero-order valence-corrected chi connectivity index (χ0v) is 12.4. The minimum atomic E-state index is -0.567. The molecule has 0 spiro atoms. The van der Waals surface area contributed by atoms with Gasteiger partial charge in [-0.1, -0.05) is 6.92 Å². The molecule has 20 heavy (non-hydrogen) atoms. The number of nitrogens with one attached hydrogen (secondary N) is 1. The largest absolute Gasteiger partial charge is 0.461 e. The fourth-order valence-electron chi connectivity index (χ4n) is 1.82. The molecule has 0 radical (unpaired) electrons. The van der Waals surface area contributed by atoms with Crippen LogP contribution in [0.5, 0.6) is 0 Å². The SMILES string of the molecule is CCOC(=O)c1nc(CC)n(CC(=O)NC(C)C)c1N. The van der Waals surface area contributed by atoms with E-state index in [1.54, 1.807) is 11.5 Å². The number of hydrogen-bond donors (Lipinski definition) is 2. The number of carbonyl (C=O) groups excluding carboxylic acids is 2. The predicted octanol–water partition coefficient (Wildman–Crippen LogP) is 0.729. The van der Waals surface area contributed by atoms with Crippen LogP contribution in [0.4, 0.5) is 5.82 Å². The van der Waals surface area contributed by atoms with Gasteiger partial charge in [-0.05, 0) is 20.8 Å². The maximum Gasteiger partial charge on any atom is 0.360 e. The molecule has 1 aromatic rings. The van der Waals surface area contributed by atoms with Crippen molar-refractivity contribution >= 4 is 17.7 Å². The molecule has 1 aromatic heterocycles. The number of amides is 1. The summed E-state index contributed by atoms with van der Waals surface area (Å²) >= 11 is 0. The Bertz CT molecular complexity index is 494. The summed E-state index contributed by atoms with van der Waals surface area (Å²) in [7, 11) is 0. The van der Waals surface area contributed by atoms with Crippen molar-refractivity contribution in [3.05, 3.63) is 11.5 Å². The molecule has 7 nitrogen and oxygen atoms in total. The third kappa shape index (κ3) is 3.72. The summed E-state index contributed by atoms with van der Waals surface area (Å²) in [6, 6.07) is 0.0434. The van der Waals surface area contributed by atoms with Gasteiger partial charge in [0.15, 0.2) is 5.69 Å². The summed E-state index contributed by atoms with van der Waals surface area (Å²) in [6.45, 7) is 7.63. The predicted molar refractivity (Wildman–Crippen MR) is 75.3 cm³/mol. The number of nitrogen functional groups attached to an aromatic ring is 1. The zero-order chi connectivity index (χ0) is 15.3. The van der Waals surface area contributed by atoms with Crippen molar-refractivity contribution in [3.63, 3.8) is 0 Å². The number of carbonyl (C=O) groups is 2. The van der Waals surface area contributed by atoms with Gasteiger partial charge in [-0.3, -0.25) is 4.79 Å². The number of ether oxygens (including phenoxy) is 1. The van der Waals surface area contributed by atoms with Crippen molar-refractivity contribution in [3.8, 4) is 0 Å². The van der Waals surface area contributed by atoms with Crippen LogP contribution in [0.1, 0.15) is 44.0 Å².